The molecule has 136 valence electrons. The Morgan fingerprint density at radius 1 is 1.35 bits per heavy atom. The summed E-state index contributed by atoms with van der Waals surface area (Å²) in [4.78, 5) is 31.3. The van der Waals surface area contributed by atoms with Crippen molar-refractivity contribution in [3.05, 3.63) is 41.5 Å². The molecule has 5 heteroatoms. The van der Waals surface area contributed by atoms with Gasteiger partial charge in [-0.3, -0.25) is 14.5 Å². The summed E-state index contributed by atoms with van der Waals surface area (Å²) in [5, 5.41) is 0. The number of hydrogen-bond acceptors (Lipinski definition) is 5. The first kappa shape index (κ1) is 16.1. The van der Waals surface area contributed by atoms with Gasteiger partial charge in [-0.1, -0.05) is 29.8 Å². The minimum absolute atomic E-state index is 0.0714. The number of Topliss-reactive ketones (excluding diaryl/α,β-unsaturated/α-hetero) is 1. The van der Waals surface area contributed by atoms with Gasteiger partial charge in [-0.25, -0.2) is 0 Å². The first-order valence-electron chi connectivity index (χ1n) is 9.38. The first-order chi connectivity index (χ1) is 12.5. The third-order valence-electron chi connectivity index (χ3n) is 7.49. The molecule has 2 unspecified atom stereocenters. The predicted octanol–water partition coefficient (Wildman–Crippen LogP) is 2.11. The van der Waals surface area contributed by atoms with Gasteiger partial charge in [-0.05, 0) is 25.0 Å². The van der Waals surface area contributed by atoms with Crippen LogP contribution in [0, 0.1) is 11.8 Å². The van der Waals surface area contributed by atoms with Gasteiger partial charge in [0.15, 0.2) is 11.4 Å². The van der Waals surface area contributed by atoms with Crippen LogP contribution in [0.1, 0.15) is 25.3 Å². The molecule has 0 radical (unpaired) electrons. The molecule has 0 amide bonds. The van der Waals surface area contributed by atoms with Crippen LogP contribution in [0.25, 0.3) is 0 Å². The Balaban J connectivity index is 1.90. The van der Waals surface area contributed by atoms with Crippen LogP contribution in [0.5, 0.6) is 0 Å². The van der Waals surface area contributed by atoms with E-state index in [9.17, 15) is 9.59 Å². The molecule has 3 saturated heterocycles. The number of carbonyl (C=O) groups excluding carboxylic acids is 2. The van der Waals surface area contributed by atoms with Gasteiger partial charge >= 0.3 is 5.97 Å². The highest BCUT2D eigenvalue weighted by molar-refractivity contribution is 6.02. The number of methoxy groups -OCH3 is 1. The van der Waals surface area contributed by atoms with Crippen LogP contribution in [0.15, 0.2) is 35.9 Å². The Bertz CT molecular complexity index is 863. The summed E-state index contributed by atoms with van der Waals surface area (Å²) in [5.41, 5.74) is 2.11. The van der Waals surface area contributed by atoms with E-state index < -0.39 is 11.1 Å². The number of ether oxygens (including phenoxy) is 1. The monoisotopic (exact) mass is 352 g/mol. The first-order valence-corrected chi connectivity index (χ1v) is 9.38. The molecule has 5 atom stereocenters. The number of carbonyl (C=O) groups is 2. The quantitative estimate of drug-likeness (QED) is 0.572. The highest BCUT2D eigenvalue weighted by atomic mass is 16.5. The minimum Gasteiger partial charge on any atom is -0.469 e. The van der Waals surface area contributed by atoms with E-state index in [1.807, 2.05) is 26.1 Å². The van der Waals surface area contributed by atoms with E-state index >= 15 is 0 Å². The average Bonchev–Trinajstić information content (AvgIpc) is 3.03. The molecule has 1 saturated carbocycles. The van der Waals surface area contributed by atoms with Crippen LogP contribution in [0.2, 0.25) is 0 Å². The molecule has 4 heterocycles. The Kier molecular flexibility index (Phi) is 3.07. The maximum absolute atomic E-state index is 13.7. The number of allylic oxidation sites excluding steroid dienone is 1. The van der Waals surface area contributed by atoms with Crippen molar-refractivity contribution in [1.82, 2.24) is 4.90 Å². The molecule has 4 bridgehead atoms. The molecule has 1 spiro atoms. The van der Waals surface area contributed by atoms with Crippen LogP contribution < -0.4 is 4.90 Å². The number of likely N-dealkylation sites (N-methyl/N-ethyl adjacent to an activating group) is 1. The Hall–Kier alpha value is -2.14. The van der Waals surface area contributed by atoms with E-state index in [4.69, 9.17) is 4.74 Å². The van der Waals surface area contributed by atoms with E-state index in [0.29, 0.717) is 6.42 Å². The summed E-state index contributed by atoms with van der Waals surface area (Å²) >= 11 is 0. The van der Waals surface area contributed by atoms with Gasteiger partial charge in [0.1, 0.15) is 0 Å². The van der Waals surface area contributed by atoms with Crippen molar-refractivity contribution in [1.29, 1.82) is 0 Å². The van der Waals surface area contributed by atoms with Crippen molar-refractivity contribution in [2.75, 3.05) is 32.1 Å². The number of hydrogen-bond donors (Lipinski definition) is 0. The molecule has 1 aliphatic carbocycles. The zero-order valence-electron chi connectivity index (χ0n) is 15.5. The van der Waals surface area contributed by atoms with Crippen LogP contribution in [0.4, 0.5) is 5.69 Å². The van der Waals surface area contributed by atoms with Crippen molar-refractivity contribution in [3.8, 4) is 0 Å². The van der Waals surface area contributed by atoms with Crippen LogP contribution in [0.3, 0.4) is 0 Å². The Labute approximate surface area is 153 Å². The lowest BCUT2D eigenvalue weighted by Crippen LogP contribution is -2.71. The number of esters is 1. The van der Waals surface area contributed by atoms with E-state index in [1.165, 1.54) is 12.7 Å². The summed E-state index contributed by atoms with van der Waals surface area (Å²) in [6.07, 6.45) is 3.33. The Morgan fingerprint density at radius 3 is 2.85 bits per heavy atom. The van der Waals surface area contributed by atoms with Gasteiger partial charge in [0.2, 0.25) is 0 Å². The molecule has 4 aliphatic heterocycles. The topological polar surface area (TPSA) is 49.9 Å². The van der Waals surface area contributed by atoms with Crippen molar-refractivity contribution < 1.29 is 14.3 Å². The van der Waals surface area contributed by atoms with E-state index in [-0.39, 0.29) is 23.6 Å². The molecule has 5 nitrogen and oxygen atoms in total. The van der Waals surface area contributed by atoms with Gasteiger partial charge in [0.05, 0.1) is 18.4 Å². The predicted molar refractivity (Wildman–Crippen MR) is 97.8 cm³/mol. The standard InChI is InChI=1S/C21H24N2O3/c1-4-13-12-23-10-9-20-15-7-5-6-8-16(15)22(2)21(20,23)17(24)11-14(13)18(20)19(25)26-3/h4-8,14,18H,9-12H2,1-3H3/b13-4-/t14-,18-,20-,21?/m0/s1. The summed E-state index contributed by atoms with van der Waals surface area (Å²) in [7, 11) is 3.49. The zero-order chi connectivity index (χ0) is 18.3. The van der Waals surface area contributed by atoms with Gasteiger partial charge in [0, 0.05) is 38.2 Å². The van der Waals surface area contributed by atoms with Crippen molar-refractivity contribution in [3.63, 3.8) is 0 Å². The second kappa shape index (κ2) is 4.97. The summed E-state index contributed by atoms with van der Waals surface area (Å²) in [6.45, 7) is 3.59. The number of rotatable bonds is 1. The summed E-state index contributed by atoms with van der Waals surface area (Å²) in [5.74, 6) is -0.330. The number of nitrogens with zero attached hydrogens (tertiary/aromatic N) is 2. The van der Waals surface area contributed by atoms with Gasteiger partial charge in [0.25, 0.3) is 0 Å². The van der Waals surface area contributed by atoms with E-state index in [0.717, 1.165) is 30.8 Å². The summed E-state index contributed by atoms with van der Waals surface area (Å²) < 4.78 is 5.31. The fourth-order valence-electron chi connectivity index (χ4n) is 6.71. The van der Waals surface area contributed by atoms with Gasteiger partial charge in [-0.2, -0.15) is 0 Å². The molecular weight excluding hydrogens is 328 g/mol. The third kappa shape index (κ3) is 1.42. The van der Waals surface area contributed by atoms with Gasteiger partial charge in [-0.15, -0.1) is 0 Å². The van der Waals surface area contributed by atoms with E-state index in [2.05, 4.69) is 28.0 Å². The molecule has 0 N–H and O–H groups in total. The van der Waals surface area contributed by atoms with Crippen LogP contribution in [-0.2, 0) is 19.7 Å². The largest absolute Gasteiger partial charge is 0.469 e. The fourth-order valence-corrected chi connectivity index (χ4v) is 6.71. The maximum atomic E-state index is 13.7. The number of benzene rings is 1. The molecule has 1 aromatic rings. The van der Waals surface area contributed by atoms with E-state index in [1.54, 1.807) is 0 Å². The minimum atomic E-state index is -0.767. The second-order valence-electron chi connectivity index (χ2n) is 7.99. The lowest BCUT2D eigenvalue weighted by molar-refractivity contribution is -0.157. The zero-order valence-corrected chi connectivity index (χ0v) is 15.5. The Morgan fingerprint density at radius 2 is 2.12 bits per heavy atom. The number of ketones is 1. The molecule has 5 aliphatic rings. The normalized spacial score (nSPS) is 41.2. The lowest BCUT2D eigenvalue weighted by Gasteiger charge is -2.52. The highest BCUT2D eigenvalue weighted by Gasteiger charge is 2.79. The molecule has 1 aromatic carbocycles. The van der Waals surface area contributed by atoms with Crippen LogP contribution in [-0.4, -0.2) is 49.6 Å². The van der Waals surface area contributed by atoms with Gasteiger partial charge < -0.3 is 9.64 Å². The SMILES string of the molecule is C/C=C1/CN2CC[C@@]34c5ccccc5N(C)C23C(=O)C[C@@H]1[C@H]4C(=O)OC. The third-order valence-corrected chi connectivity index (χ3v) is 7.49. The molecule has 6 rings (SSSR count). The molecular formula is C21H24N2O3. The highest BCUT2D eigenvalue weighted by Crippen LogP contribution is 2.68. The van der Waals surface area contributed by atoms with Crippen molar-refractivity contribution in [2.24, 2.45) is 11.8 Å². The molecule has 4 fully saturated rings. The number of para-hydroxylation sites is 1. The van der Waals surface area contributed by atoms with Crippen molar-refractivity contribution >= 4 is 17.4 Å². The smallest absolute Gasteiger partial charge is 0.310 e. The molecule has 26 heavy (non-hydrogen) atoms. The lowest BCUT2D eigenvalue weighted by atomic mass is 9.54. The average molecular weight is 352 g/mol. The second-order valence-corrected chi connectivity index (χ2v) is 7.99. The molecule has 0 aromatic heterocycles. The maximum Gasteiger partial charge on any atom is 0.310 e. The van der Waals surface area contributed by atoms with Crippen LogP contribution >= 0.6 is 0 Å². The van der Waals surface area contributed by atoms with Crippen molar-refractivity contribution in [2.45, 2.75) is 30.8 Å². The number of anilines is 1. The fraction of sp³-hybridized carbons (Fsp3) is 0.524. The summed E-state index contributed by atoms with van der Waals surface area (Å²) in [6, 6.07) is 8.23. The number of fused-ring (bicyclic) bond motifs is 3.